The SMILES string of the molecule is O=S(=O)(c1ccc(-c2cc(O)cc(Cl)c2)cc1)N1CCCC1. The number of halogens is 1. The summed E-state index contributed by atoms with van der Waals surface area (Å²) >= 11 is 5.93. The van der Waals surface area contributed by atoms with Crippen LogP contribution >= 0.6 is 11.6 Å². The number of aromatic hydroxyl groups is 1. The molecule has 0 aliphatic carbocycles. The fraction of sp³-hybridized carbons (Fsp3) is 0.250. The number of sulfonamides is 1. The zero-order valence-corrected chi connectivity index (χ0v) is 13.4. The molecule has 1 aliphatic heterocycles. The third-order valence-corrected chi connectivity index (χ3v) is 5.90. The maximum Gasteiger partial charge on any atom is 0.243 e. The second-order valence-corrected chi connectivity index (χ2v) is 7.71. The van der Waals surface area contributed by atoms with Crippen molar-refractivity contribution >= 4 is 21.6 Å². The first-order chi connectivity index (χ1) is 10.5. The minimum absolute atomic E-state index is 0.0799. The summed E-state index contributed by atoms with van der Waals surface area (Å²) in [5, 5.41) is 10.0. The van der Waals surface area contributed by atoms with Crippen LogP contribution in [0.4, 0.5) is 0 Å². The Morgan fingerprint density at radius 2 is 1.59 bits per heavy atom. The highest BCUT2D eigenvalue weighted by Crippen LogP contribution is 2.29. The Hall–Kier alpha value is -1.56. The summed E-state index contributed by atoms with van der Waals surface area (Å²) in [6.45, 7) is 1.18. The van der Waals surface area contributed by atoms with Gasteiger partial charge in [-0.25, -0.2) is 8.42 Å². The van der Waals surface area contributed by atoms with Crippen molar-refractivity contribution in [2.75, 3.05) is 13.1 Å². The van der Waals surface area contributed by atoms with Gasteiger partial charge in [-0.3, -0.25) is 0 Å². The fourth-order valence-electron chi connectivity index (χ4n) is 2.64. The van der Waals surface area contributed by atoms with Crippen LogP contribution < -0.4 is 0 Å². The van der Waals surface area contributed by atoms with Gasteiger partial charge >= 0.3 is 0 Å². The van der Waals surface area contributed by atoms with Crippen LogP contribution in [0.1, 0.15) is 12.8 Å². The summed E-state index contributed by atoms with van der Waals surface area (Å²) in [6.07, 6.45) is 1.83. The van der Waals surface area contributed by atoms with Crippen molar-refractivity contribution in [2.24, 2.45) is 0 Å². The minimum atomic E-state index is -3.40. The van der Waals surface area contributed by atoms with Gasteiger partial charge in [0, 0.05) is 18.1 Å². The van der Waals surface area contributed by atoms with E-state index in [-0.39, 0.29) is 5.75 Å². The Kier molecular flexibility index (Phi) is 4.12. The zero-order valence-electron chi connectivity index (χ0n) is 11.9. The fourth-order valence-corrected chi connectivity index (χ4v) is 4.38. The molecule has 0 atom stereocenters. The number of phenolic OH excluding ortho intramolecular Hbond substituents is 1. The summed E-state index contributed by atoms with van der Waals surface area (Å²) in [4.78, 5) is 0.296. The highest BCUT2D eigenvalue weighted by molar-refractivity contribution is 7.89. The summed E-state index contributed by atoms with van der Waals surface area (Å²) in [5.74, 6) is 0.0799. The summed E-state index contributed by atoms with van der Waals surface area (Å²) in [5.41, 5.74) is 1.55. The van der Waals surface area contributed by atoms with Gasteiger partial charge in [-0.05, 0) is 54.3 Å². The first-order valence-corrected chi connectivity index (χ1v) is 8.89. The van der Waals surface area contributed by atoms with Gasteiger partial charge < -0.3 is 5.11 Å². The molecule has 1 saturated heterocycles. The third kappa shape index (κ3) is 2.97. The maximum atomic E-state index is 12.5. The van der Waals surface area contributed by atoms with Crippen molar-refractivity contribution in [1.29, 1.82) is 0 Å². The van der Waals surface area contributed by atoms with E-state index in [0.717, 1.165) is 24.0 Å². The van der Waals surface area contributed by atoms with Crippen molar-refractivity contribution in [3.8, 4) is 16.9 Å². The van der Waals surface area contributed by atoms with Gasteiger partial charge in [-0.2, -0.15) is 4.31 Å². The number of hydrogen-bond donors (Lipinski definition) is 1. The van der Waals surface area contributed by atoms with Crippen LogP contribution in [0, 0.1) is 0 Å². The van der Waals surface area contributed by atoms with Crippen LogP contribution in [-0.4, -0.2) is 30.9 Å². The summed E-state index contributed by atoms with van der Waals surface area (Å²) in [6, 6.07) is 11.4. The molecule has 0 aromatic heterocycles. The molecule has 6 heteroatoms. The van der Waals surface area contributed by atoms with Crippen molar-refractivity contribution in [3.63, 3.8) is 0 Å². The highest BCUT2D eigenvalue weighted by Gasteiger charge is 2.26. The summed E-state index contributed by atoms with van der Waals surface area (Å²) in [7, 11) is -3.40. The van der Waals surface area contributed by atoms with Gasteiger partial charge in [0.1, 0.15) is 5.75 Å². The van der Waals surface area contributed by atoms with Crippen LogP contribution in [0.5, 0.6) is 5.75 Å². The predicted molar refractivity (Wildman–Crippen MR) is 86.5 cm³/mol. The van der Waals surface area contributed by atoms with Gasteiger partial charge in [0.2, 0.25) is 10.0 Å². The number of hydrogen-bond acceptors (Lipinski definition) is 3. The van der Waals surface area contributed by atoms with Crippen molar-refractivity contribution in [3.05, 3.63) is 47.5 Å². The van der Waals surface area contributed by atoms with E-state index >= 15 is 0 Å². The Bertz CT molecular complexity index is 761. The molecule has 4 nitrogen and oxygen atoms in total. The molecule has 0 radical (unpaired) electrons. The lowest BCUT2D eigenvalue weighted by Crippen LogP contribution is -2.27. The molecule has 2 aromatic carbocycles. The highest BCUT2D eigenvalue weighted by atomic mass is 35.5. The Morgan fingerprint density at radius 1 is 0.955 bits per heavy atom. The van der Waals surface area contributed by atoms with E-state index in [1.54, 1.807) is 36.4 Å². The van der Waals surface area contributed by atoms with E-state index < -0.39 is 10.0 Å². The molecule has 1 fully saturated rings. The normalized spacial score (nSPS) is 16.0. The second kappa shape index (κ2) is 5.91. The Labute approximate surface area is 135 Å². The monoisotopic (exact) mass is 337 g/mol. The van der Waals surface area contributed by atoms with Gasteiger partial charge in [0.15, 0.2) is 0 Å². The maximum absolute atomic E-state index is 12.5. The standard InChI is InChI=1S/C16H16ClNO3S/c17-14-9-13(10-15(19)11-14)12-3-5-16(6-4-12)22(20,21)18-7-1-2-8-18/h3-6,9-11,19H,1-2,7-8H2. The smallest absolute Gasteiger partial charge is 0.243 e. The summed E-state index contributed by atoms with van der Waals surface area (Å²) < 4.78 is 26.4. The molecule has 0 unspecified atom stereocenters. The van der Waals surface area contributed by atoms with Crippen molar-refractivity contribution < 1.29 is 13.5 Å². The molecule has 1 aliphatic rings. The molecule has 0 amide bonds. The Balaban J connectivity index is 1.92. The number of nitrogens with zero attached hydrogens (tertiary/aromatic N) is 1. The van der Waals surface area contributed by atoms with Gasteiger partial charge in [-0.1, -0.05) is 23.7 Å². The van der Waals surface area contributed by atoms with E-state index in [2.05, 4.69) is 0 Å². The lowest BCUT2D eigenvalue weighted by Gasteiger charge is -2.15. The predicted octanol–water partition coefficient (Wildman–Crippen LogP) is 3.50. The van der Waals surface area contributed by atoms with Crippen LogP contribution in [0.2, 0.25) is 5.02 Å². The topological polar surface area (TPSA) is 57.6 Å². The molecule has 22 heavy (non-hydrogen) atoms. The largest absolute Gasteiger partial charge is 0.508 e. The average molecular weight is 338 g/mol. The molecule has 116 valence electrons. The lowest BCUT2D eigenvalue weighted by molar-refractivity contribution is 0.475. The zero-order chi connectivity index (χ0) is 15.7. The van der Waals surface area contributed by atoms with E-state index in [4.69, 9.17) is 11.6 Å². The van der Waals surface area contributed by atoms with E-state index in [0.29, 0.717) is 23.0 Å². The van der Waals surface area contributed by atoms with E-state index in [9.17, 15) is 13.5 Å². The molecular formula is C16H16ClNO3S. The first-order valence-electron chi connectivity index (χ1n) is 7.07. The molecule has 0 bridgehead atoms. The number of phenols is 1. The molecule has 0 saturated carbocycles. The van der Waals surface area contributed by atoms with E-state index in [1.165, 1.54) is 10.4 Å². The van der Waals surface area contributed by atoms with Gasteiger partial charge in [0.05, 0.1) is 4.90 Å². The minimum Gasteiger partial charge on any atom is -0.508 e. The number of benzene rings is 2. The van der Waals surface area contributed by atoms with Crippen LogP contribution in [0.25, 0.3) is 11.1 Å². The second-order valence-electron chi connectivity index (χ2n) is 5.33. The third-order valence-electron chi connectivity index (χ3n) is 3.77. The van der Waals surface area contributed by atoms with Crippen LogP contribution in [0.15, 0.2) is 47.4 Å². The Morgan fingerprint density at radius 3 is 2.18 bits per heavy atom. The lowest BCUT2D eigenvalue weighted by atomic mass is 10.1. The van der Waals surface area contributed by atoms with Crippen LogP contribution in [0.3, 0.4) is 0 Å². The van der Waals surface area contributed by atoms with Crippen LogP contribution in [-0.2, 0) is 10.0 Å². The molecule has 1 N–H and O–H groups in total. The molecule has 2 aromatic rings. The van der Waals surface area contributed by atoms with E-state index in [1.807, 2.05) is 0 Å². The molecular weight excluding hydrogens is 322 g/mol. The quantitative estimate of drug-likeness (QED) is 0.932. The molecule has 0 spiro atoms. The number of rotatable bonds is 3. The molecule has 1 heterocycles. The first kappa shape index (κ1) is 15.3. The van der Waals surface area contributed by atoms with Crippen molar-refractivity contribution in [1.82, 2.24) is 4.31 Å². The molecule has 3 rings (SSSR count). The van der Waals surface area contributed by atoms with Gasteiger partial charge in [-0.15, -0.1) is 0 Å². The van der Waals surface area contributed by atoms with Crippen molar-refractivity contribution in [2.45, 2.75) is 17.7 Å². The van der Waals surface area contributed by atoms with Gasteiger partial charge in [0.25, 0.3) is 0 Å². The average Bonchev–Trinajstić information content (AvgIpc) is 3.01.